The van der Waals surface area contributed by atoms with Crippen molar-refractivity contribution in [1.82, 2.24) is 5.32 Å². The van der Waals surface area contributed by atoms with Gasteiger partial charge in [-0.05, 0) is 31.0 Å². The summed E-state index contributed by atoms with van der Waals surface area (Å²) in [5.41, 5.74) is 0.750. The molecular formula is C15H20N2O3. The van der Waals surface area contributed by atoms with Crippen molar-refractivity contribution < 1.29 is 14.3 Å². The first kappa shape index (κ1) is 13.2. The number of hydrogen-bond donors (Lipinski definition) is 2. The Morgan fingerprint density at radius 3 is 2.85 bits per heavy atom. The number of ether oxygens (including phenoxy) is 2. The van der Waals surface area contributed by atoms with Crippen molar-refractivity contribution >= 4 is 11.6 Å². The number of carbonyl (C=O) groups is 1. The maximum Gasteiger partial charge on any atom is 0.241 e. The van der Waals surface area contributed by atoms with E-state index in [0.29, 0.717) is 24.9 Å². The molecule has 0 spiro atoms. The van der Waals surface area contributed by atoms with Crippen LogP contribution in [0.25, 0.3) is 0 Å². The van der Waals surface area contributed by atoms with Crippen molar-refractivity contribution in [1.29, 1.82) is 0 Å². The van der Waals surface area contributed by atoms with Crippen LogP contribution < -0.4 is 20.1 Å². The summed E-state index contributed by atoms with van der Waals surface area (Å²) in [5.74, 6) is 1.83. The average Bonchev–Trinajstić information content (AvgIpc) is 2.73. The fraction of sp³-hybridized carbons (Fsp3) is 0.533. The molecule has 2 atom stereocenters. The lowest BCUT2D eigenvalue weighted by atomic mass is 10.0. The molecule has 1 amide bonds. The number of amides is 1. The van der Waals surface area contributed by atoms with Crippen molar-refractivity contribution in [3.05, 3.63) is 18.2 Å². The molecule has 3 rings (SSSR count). The second kappa shape index (κ2) is 5.71. The molecule has 2 N–H and O–H groups in total. The number of nitrogens with one attached hydrogen (secondary N) is 2. The van der Waals surface area contributed by atoms with E-state index in [9.17, 15) is 4.79 Å². The van der Waals surface area contributed by atoms with E-state index < -0.39 is 0 Å². The van der Waals surface area contributed by atoms with Crippen LogP contribution in [-0.2, 0) is 4.79 Å². The fourth-order valence-corrected chi connectivity index (χ4v) is 2.65. The summed E-state index contributed by atoms with van der Waals surface area (Å²) in [6.07, 6.45) is 1.92. The highest BCUT2D eigenvalue weighted by molar-refractivity contribution is 5.95. The summed E-state index contributed by atoms with van der Waals surface area (Å²) in [6, 6.07) is 5.43. The summed E-state index contributed by atoms with van der Waals surface area (Å²) >= 11 is 0. The number of rotatable bonds is 2. The Bertz CT molecular complexity index is 504. The van der Waals surface area contributed by atoms with Crippen LogP contribution in [0.1, 0.15) is 19.8 Å². The molecule has 5 nitrogen and oxygen atoms in total. The summed E-state index contributed by atoms with van der Waals surface area (Å²) < 4.78 is 11.2. The molecular weight excluding hydrogens is 256 g/mol. The zero-order chi connectivity index (χ0) is 13.9. The van der Waals surface area contributed by atoms with Gasteiger partial charge in [0.15, 0.2) is 11.5 Å². The molecule has 0 bridgehead atoms. The van der Waals surface area contributed by atoms with Gasteiger partial charge in [0.25, 0.3) is 0 Å². The van der Waals surface area contributed by atoms with Crippen LogP contribution in [0.3, 0.4) is 0 Å². The lowest BCUT2D eigenvalue weighted by Crippen LogP contribution is -2.39. The van der Waals surface area contributed by atoms with Gasteiger partial charge in [0, 0.05) is 18.2 Å². The lowest BCUT2D eigenvalue weighted by molar-refractivity contribution is -0.118. The van der Waals surface area contributed by atoms with Gasteiger partial charge in [-0.2, -0.15) is 0 Å². The normalized spacial score (nSPS) is 25.1. The molecule has 108 valence electrons. The van der Waals surface area contributed by atoms with Gasteiger partial charge in [-0.15, -0.1) is 0 Å². The van der Waals surface area contributed by atoms with E-state index in [4.69, 9.17) is 9.47 Å². The summed E-state index contributed by atoms with van der Waals surface area (Å²) in [6.45, 7) is 4.31. The van der Waals surface area contributed by atoms with E-state index in [1.54, 1.807) is 0 Å². The van der Waals surface area contributed by atoms with Crippen LogP contribution in [0.4, 0.5) is 5.69 Å². The maximum atomic E-state index is 12.2. The van der Waals surface area contributed by atoms with Gasteiger partial charge < -0.3 is 20.1 Å². The van der Waals surface area contributed by atoms with Crippen LogP contribution >= 0.6 is 0 Å². The summed E-state index contributed by atoms with van der Waals surface area (Å²) in [5, 5.41) is 6.18. The minimum Gasteiger partial charge on any atom is -0.490 e. The van der Waals surface area contributed by atoms with Crippen LogP contribution in [0.2, 0.25) is 0 Å². The molecule has 2 unspecified atom stereocenters. The molecule has 0 saturated carbocycles. The quantitative estimate of drug-likeness (QED) is 0.864. The van der Waals surface area contributed by atoms with E-state index in [1.165, 1.54) is 0 Å². The first-order valence-corrected chi connectivity index (χ1v) is 7.18. The molecule has 1 saturated heterocycles. The smallest absolute Gasteiger partial charge is 0.241 e. The van der Waals surface area contributed by atoms with Gasteiger partial charge in [-0.1, -0.05) is 6.92 Å². The van der Waals surface area contributed by atoms with Crippen molar-refractivity contribution in [2.24, 2.45) is 5.92 Å². The predicted octanol–water partition coefficient (Wildman–Crippen LogP) is 1.78. The van der Waals surface area contributed by atoms with Crippen molar-refractivity contribution in [2.75, 3.05) is 25.1 Å². The van der Waals surface area contributed by atoms with Crippen LogP contribution in [0, 0.1) is 5.92 Å². The molecule has 2 aliphatic heterocycles. The van der Waals surface area contributed by atoms with Crippen molar-refractivity contribution in [3.63, 3.8) is 0 Å². The Morgan fingerprint density at radius 1 is 1.30 bits per heavy atom. The van der Waals surface area contributed by atoms with E-state index in [2.05, 4.69) is 17.6 Å². The van der Waals surface area contributed by atoms with Crippen molar-refractivity contribution in [3.8, 4) is 11.5 Å². The zero-order valence-corrected chi connectivity index (χ0v) is 11.6. The number of anilines is 1. The molecule has 0 aliphatic carbocycles. The number of carbonyl (C=O) groups excluding carboxylic acids is 1. The van der Waals surface area contributed by atoms with Gasteiger partial charge in [0.2, 0.25) is 5.91 Å². The highest BCUT2D eigenvalue weighted by Gasteiger charge is 2.29. The Labute approximate surface area is 118 Å². The first-order valence-electron chi connectivity index (χ1n) is 7.18. The van der Waals surface area contributed by atoms with E-state index in [-0.39, 0.29) is 11.9 Å². The monoisotopic (exact) mass is 276 g/mol. The van der Waals surface area contributed by atoms with E-state index in [0.717, 1.165) is 30.8 Å². The Hall–Kier alpha value is -1.75. The van der Waals surface area contributed by atoms with Gasteiger partial charge >= 0.3 is 0 Å². The number of benzene rings is 1. The third-order valence-corrected chi connectivity index (χ3v) is 3.83. The Balaban J connectivity index is 1.71. The number of hydrogen-bond acceptors (Lipinski definition) is 4. The molecule has 2 heterocycles. The van der Waals surface area contributed by atoms with Crippen LogP contribution in [0.5, 0.6) is 11.5 Å². The molecule has 1 fully saturated rings. The highest BCUT2D eigenvalue weighted by Crippen LogP contribution is 2.32. The molecule has 2 aliphatic rings. The second-order valence-electron chi connectivity index (χ2n) is 5.40. The Kier molecular flexibility index (Phi) is 3.78. The molecule has 5 heteroatoms. The van der Waals surface area contributed by atoms with Gasteiger partial charge in [-0.25, -0.2) is 0 Å². The summed E-state index contributed by atoms with van der Waals surface area (Å²) in [7, 11) is 0. The molecule has 1 aromatic rings. The molecule has 1 aromatic carbocycles. The largest absolute Gasteiger partial charge is 0.490 e. The fourth-order valence-electron chi connectivity index (χ4n) is 2.65. The molecule has 0 aromatic heterocycles. The first-order chi connectivity index (χ1) is 9.74. The third-order valence-electron chi connectivity index (χ3n) is 3.83. The minimum absolute atomic E-state index is 0.0180. The predicted molar refractivity (Wildman–Crippen MR) is 76.3 cm³/mol. The van der Waals surface area contributed by atoms with E-state index >= 15 is 0 Å². The zero-order valence-electron chi connectivity index (χ0n) is 11.6. The van der Waals surface area contributed by atoms with Crippen LogP contribution in [-0.4, -0.2) is 31.7 Å². The highest BCUT2D eigenvalue weighted by atomic mass is 16.5. The molecule has 20 heavy (non-hydrogen) atoms. The maximum absolute atomic E-state index is 12.2. The summed E-state index contributed by atoms with van der Waals surface area (Å²) in [4.78, 5) is 12.2. The van der Waals surface area contributed by atoms with E-state index in [1.807, 2.05) is 18.2 Å². The standard InChI is InChI=1S/C15H20N2O3/c1-10-5-6-16-14(10)15(18)17-11-3-4-12-13(9-11)20-8-2-7-19-12/h3-4,9-10,14,16H,2,5-8H2,1H3,(H,17,18). The topological polar surface area (TPSA) is 59.6 Å². The lowest BCUT2D eigenvalue weighted by Gasteiger charge is -2.16. The SMILES string of the molecule is CC1CCNC1C(=O)Nc1ccc2c(c1)OCCCO2. The van der Waals surface area contributed by atoms with Crippen LogP contribution in [0.15, 0.2) is 18.2 Å². The van der Waals surface area contributed by atoms with Gasteiger partial charge in [0.05, 0.1) is 19.3 Å². The Morgan fingerprint density at radius 2 is 2.10 bits per heavy atom. The van der Waals surface area contributed by atoms with Crippen molar-refractivity contribution in [2.45, 2.75) is 25.8 Å². The van der Waals surface area contributed by atoms with Gasteiger partial charge in [-0.3, -0.25) is 4.79 Å². The minimum atomic E-state index is -0.106. The molecule has 0 radical (unpaired) electrons. The second-order valence-corrected chi connectivity index (χ2v) is 5.40. The van der Waals surface area contributed by atoms with Gasteiger partial charge in [0.1, 0.15) is 0 Å². The third kappa shape index (κ3) is 2.72. The average molecular weight is 276 g/mol. The number of fused-ring (bicyclic) bond motifs is 1.